The van der Waals surface area contributed by atoms with Gasteiger partial charge in [-0.2, -0.15) is 0 Å². The minimum absolute atomic E-state index is 0.116. The minimum Gasteiger partial charge on any atom is -0.369 e. The molecule has 0 heterocycles. The summed E-state index contributed by atoms with van der Waals surface area (Å²) >= 11 is 1.31. The Hall–Kier alpha value is -1.69. The standard InChI is InChI=1S/C13H19N3O2S/c1-9(2)16(3)13(18)15-10-6-4-5-7-11(10)19-8-12(14)17/h4-7,9H,8H2,1-3H3,(H2,14,17)(H,15,18). The van der Waals surface area contributed by atoms with E-state index in [0.29, 0.717) is 5.69 Å². The Morgan fingerprint density at radius 2 is 2.00 bits per heavy atom. The fourth-order valence-electron chi connectivity index (χ4n) is 1.28. The molecular formula is C13H19N3O2S. The molecule has 0 atom stereocenters. The Balaban J connectivity index is 2.77. The third kappa shape index (κ3) is 4.82. The number of carbonyl (C=O) groups excluding carboxylic acids is 2. The van der Waals surface area contributed by atoms with Crippen LogP contribution in [0.2, 0.25) is 0 Å². The van der Waals surface area contributed by atoms with Crippen molar-refractivity contribution in [2.24, 2.45) is 5.73 Å². The zero-order chi connectivity index (χ0) is 14.4. The first-order valence-corrected chi connectivity index (χ1v) is 6.94. The van der Waals surface area contributed by atoms with Gasteiger partial charge in [-0.3, -0.25) is 4.79 Å². The molecule has 0 spiro atoms. The lowest BCUT2D eigenvalue weighted by Gasteiger charge is -2.22. The molecule has 0 saturated carbocycles. The quantitative estimate of drug-likeness (QED) is 0.812. The lowest BCUT2D eigenvalue weighted by molar-refractivity contribution is -0.115. The molecule has 0 radical (unpaired) electrons. The van der Waals surface area contributed by atoms with Crippen molar-refractivity contribution in [2.45, 2.75) is 24.8 Å². The lowest BCUT2D eigenvalue weighted by atomic mass is 10.3. The highest BCUT2D eigenvalue weighted by Gasteiger charge is 2.13. The molecule has 0 aromatic heterocycles. The van der Waals surface area contributed by atoms with Crippen molar-refractivity contribution in [3.63, 3.8) is 0 Å². The summed E-state index contributed by atoms with van der Waals surface area (Å²) in [5.41, 5.74) is 5.81. The van der Waals surface area contributed by atoms with Crippen LogP contribution in [0.1, 0.15) is 13.8 Å². The third-order valence-corrected chi connectivity index (χ3v) is 3.69. The van der Waals surface area contributed by atoms with Crippen LogP contribution in [-0.4, -0.2) is 35.7 Å². The first-order valence-electron chi connectivity index (χ1n) is 5.95. The van der Waals surface area contributed by atoms with Gasteiger partial charge in [0, 0.05) is 18.0 Å². The van der Waals surface area contributed by atoms with Crippen molar-refractivity contribution in [1.29, 1.82) is 0 Å². The maximum absolute atomic E-state index is 12.0. The van der Waals surface area contributed by atoms with Gasteiger partial charge in [0.1, 0.15) is 0 Å². The molecule has 3 amide bonds. The Kier molecular flexibility index (Phi) is 5.69. The second-order valence-electron chi connectivity index (χ2n) is 4.39. The van der Waals surface area contributed by atoms with Gasteiger partial charge in [0.15, 0.2) is 0 Å². The summed E-state index contributed by atoms with van der Waals surface area (Å²) in [4.78, 5) is 25.2. The Bertz CT molecular complexity index is 463. The molecule has 0 saturated heterocycles. The number of amides is 3. The van der Waals surface area contributed by atoms with Gasteiger partial charge < -0.3 is 16.0 Å². The van der Waals surface area contributed by atoms with E-state index in [9.17, 15) is 9.59 Å². The number of hydrogen-bond donors (Lipinski definition) is 2. The summed E-state index contributed by atoms with van der Waals surface area (Å²) in [5, 5.41) is 2.83. The van der Waals surface area contributed by atoms with E-state index in [0.717, 1.165) is 4.90 Å². The number of nitrogens with two attached hydrogens (primary N) is 1. The summed E-state index contributed by atoms with van der Waals surface area (Å²) in [7, 11) is 1.74. The monoisotopic (exact) mass is 281 g/mol. The van der Waals surface area contributed by atoms with Crippen LogP contribution in [0, 0.1) is 0 Å². The van der Waals surface area contributed by atoms with E-state index in [1.807, 2.05) is 32.0 Å². The van der Waals surface area contributed by atoms with Gasteiger partial charge in [-0.05, 0) is 26.0 Å². The molecule has 5 nitrogen and oxygen atoms in total. The molecule has 1 aromatic carbocycles. The molecule has 3 N–H and O–H groups in total. The Labute approximate surface area is 117 Å². The van der Waals surface area contributed by atoms with Crippen molar-refractivity contribution in [1.82, 2.24) is 4.90 Å². The molecule has 104 valence electrons. The predicted octanol–water partition coefficient (Wildman–Crippen LogP) is 2.14. The van der Waals surface area contributed by atoms with E-state index in [4.69, 9.17) is 5.73 Å². The fraction of sp³-hybridized carbons (Fsp3) is 0.385. The number of para-hydroxylation sites is 1. The molecule has 0 bridgehead atoms. The van der Waals surface area contributed by atoms with Gasteiger partial charge >= 0.3 is 6.03 Å². The number of rotatable bonds is 5. The number of nitrogens with zero attached hydrogens (tertiary/aromatic N) is 1. The molecule has 1 aromatic rings. The Morgan fingerprint density at radius 1 is 1.37 bits per heavy atom. The van der Waals surface area contributed by atoms with E-state index in [2.05, 4.69) is 5.32 Å². The van der Waals surface area contributed by atoms with Crippen LogP contribution in [0.5, 0.6) is 0 Å². The smallest absolute Gasteiger partial charge is 0.321 e. The van der Waals surface area contributed by atoms with E-state index < -0.39 is 0 Å². The average molecular weight is 281 g/mol. The molecule has 0 aliphatic carbocycles. The Morgan fingerprint density at radius 3 is 2.58 bits per heavy atom. The summed E-state index contributed by atoms with van der Waals surface area (Å²) in [6.07, 6.45) is 0. The van der Waals surface area contributed by atoms with Crippen molar-refractivity contribution in [3.8, 4) is 0 Å². The number of anilines is 1. The number of hydrogen-bond acceptors (Lipinski definition) is 3. The summed E-state index contributed by atoms with van der Waals surface area (Å²) in [6.45, 7) is 3.88. The molecule has 0 fully saturated rings. The molecule has 19 heavy (non-hydrogen) atoms. The third-order valence-electron chi connectivity index (χ3n) is 2.59. The number of urea groups is 1. The topological polar surface area (TPSA) is 75.4 Å². The fourth-order valence-corrected chi connectivity index (χ4v) is 2.03. The highest BCUT2D eigenvalue weighted by atomic mass is 32.2. The van der Waals surface area contributed by atoms with E-state index in [-0.39, 0.29) is 23.7 Å². The maximum atomic E-state index is 12.0. The number of nitrogens with one attached hydrogen (secondary N) is 1. The van der Waals surface area contributed by atoms with Gasteiger partial charge in [0.05, 0.1) is 11.4 Å². The second kappa shape index (κ2) is 7.04. The number of benzene rings is 1. The second-order valence-corrected chi connectivity index (χ2v) is 5.40. The number of primary amides is 1. The van der Waals surface area contributed by atoms with Gasteiger partial charge in [-0.1, -0.05) is 12.1 Å². The van der Waals surface area contributed by atoms with Crippen molar-refractivity contribution >= 4 is 29.4 Å². The van der Waals surface area contributed by atoms with Crippen molar-refractivity contribution in [2.75, 3.05) is 18.1 Å². The highest BCUT2D eigenvalue weighted by molar-refractivity contribution is 8.00. The largest absolute Gasteiger partial charge is 0.369 e. The molecule has 0 aliphatic heterocycles. The summed E-state index contributed by atoms with van der Waals surface area (Å²) < 4.78 is 0. The molecular weight excluding hydrogens is 262 g/mol. The first-order chi connectivity index (χ1) is 8.91. The molecule has 6 heteroatoms. The van der Waals surface area contributed by atoms with Crippen LogP contribution < -0.4 is 11.1 Å². The molecule has 1 rings (SSSR count). The summed E-state index contributed by atoms with van der Waals surface area (Å²) in [6, 6.07) is 7.27. The van der Waals surface area contributed by atoms with Crippen molar-refractivity contribution < 1.29 is 9.59 Å². The van der Waals surface area contributed by atoms with Gasteiger partial charge in [0.2, 0.25) is 5.91 Å². The molecule has 0 unspecified atom stereocenters. The van der Waals surface area contributed by atoms with Crippen molar-refractivity contribution in [3.05, 3.63) is 24.3 Å². The van der Waals surface area contributed by atoms with Crippen LogP contribution in [0.4, 0.5) is 10.5 Å². The van der Waals surface area contributed by atoms with Crippen LogP contribution in [0.3, 0.4) is 0 Å². The van der Waals surface area contributed by atoms with E-state index >= 15 is 0 Å². The highest BCUT2D eigenvalue weighted by Crippen LogP contribution is 2.26. The summed E-state index contributed by atoms with van der Waals surface area (Å²) in [5.74, 6) is -0.196. The van der Waals surface area contributed by atoms with Crippen LogP contribution >= 0.6 is 11.8 Å². The van der Waals surface area contributed by atoms with Crippen LogP contribution in [0.25, 0.3) is 0 Å². The minimum atomic E-state index is -0.384. The average Bonchev–Trinajstić information content (AvgIpc) is 2.36. The van der Waals surface area contributed by atoms with Crippen LogP contribution in [-0.2, 0) is 4.79 Å². The normalized spacial score (nSPS) is 10.3. The number of thioether (sulfide) groups is 1. The first kappa shape index (κ1) is 15.4. The zero-order valence-electron chi connectivity index (χ0n) is 11.3. The predicted molar refractivity (Wildman–Crippen MR) is 78.3 cm³/mol. The van der Waals surface area contributed by atoms with E-state index in [1.54, 1.807) is 18.0 Å². The van der Waals surface area contributed by atoms with Gasteiger partial charge in [0.25, 0.3) is 0 Å². The maximum Gasteiger partial charge on any atom is 0.321 e. The lowest BCUT2D eigenvalue weighted by Crippen LogP contribution is -2.36. The zero-order valence-corrected chi connectivity index (χ0v) is 12.2. The van der Waals surface area contributed by atoms with Gasteiger partial charge in [-0.25, -0.2) is 4.79 Å². The number of carbonyl (C=O) groups is 2. The van der Waals surface area contributed by atoms with Crippen LogP contribution in [0.15, 0.2) is 29.2 Å². The SMILES string of the molecule is CC(C)N(C)C(=O)Nc1ccccc1SCC(N)=O. The molecule has 0 aliphatic rings. The van der Waals surface area contributed by atoms with Gasteiger partial charge in [-0.15, -0.1) is 11.8 Å². The van der Waals surface area contributed by atoms with E-state index in [1.165, 1.54) is 11.8 Å².